The van der Waals surface area contributed by atoms with Crippen molar-refractivity contribution < 1.29 is 9.59 Å². The number of anilines is 2. The van der Waals surface area contributed by atoms with Gasteiger partial charge in [-0.3, -0.25) is 9.59 Å². The van der Waals surface area contributed by atoms with Crippen molar-refractivity contribution in [2.45, 2.75) is 38.6 Å². The van der Waals surface area contributed by atoms with Crippen molar-refractivity contribution in [3.05, 3.63) is 24.3 Å². The van der Waals surface area contributed by atoms with Crippen molar-refractivity contribution in [2.24, 2.45) is 0 Å². The van der Waals surface area contributed by atoms with Crippen LogP contribution in [-0.2, 0) is 9.59 Å². The predicted molar refractivity (Wildman–Crippen MR) is 107 cm³/mol. The summed E-state index contributed by atoms with van der Waals surface area (Å²) >= 11 is 0. The minimum absolute atomic E-state index is 0.0783. The molecule has 0 N–H and O–H groups in total. The lowest BCUT2D eigenvalue weighted by Gasteiger charge is -2.40. The normalized spacial score (nSPS) is 22.6. The number of nitrogens with zero attached hydrogens (tertiary/aromatic N) is 4. The molecule has 3 heterocycles. The van der Waals surface area contributed by atoms with Gasteiger partial charge in [-0.2, -0.15) is 0 Å². The molecule has 0 saturated carbocycles. The third-order valence-corrected chi connectivity index (χ3v) is 6.28. The molecule has 0 aliphatic carbocycles. The highest BCUT2D eigenvalue weighted by Gasteiger charge is 2.36. The number of amides is 2. The Labute approximate surface area is 161 Å². The first kappa shape index (κ1) is 18.3. The van der Waals surface area contributed by atoms with Crippen LogP contribution < -0.4 is 9.80 Å². The van der Waals surface area contributed by atoms with Crippen LogP contribution >= 0.6 is 0 Å². The summed E-state index contributed by atoms with van der Waals surface area (Å²) in [5.41, 5.74) is 2.17. The number of para-hydroxylation sites is 2. The van der Waals surface area contributed by atoms with E-state index in [4.69, 9.17) is 0 Å². The van der Waals surface area contributed by atoms with Crippen molar-refractivity contribution in [3.8, 4) is 0 Å². The summed E-state index contributed by atoms with van der Waals surface area (Å²) < 4.78 is 0. The predicted octanol–water partition coefficient (Wildman–Crippen LogP) is 1.95. The highest BCUT2D eigenvalue weighted by atomic mass is 16.2. The van der Waals surface area contributed by atoms with Gasteiger partial charge in [-0.15, -0.1) is 0 Å². The summed E-state index contributed by atoms with van der Waals surface area (Å²) in [7, 11) is 0. The average Bonchev–Trinajstić information content (AvgIpc) is 3.20. The Morgan fingerprint density at radius 1 is 0.963 bits per heavy atom. The lowest BCUT2D eigenvalue weighted by atomic mass is 10.1. The molecule has 1 atom stereocenters. The lowest BCUT2D eigenvalue weighted by Crippen LogP contribution is -2.49. The Bertz CT molecular complexity index is 699. The first-order valence-electron chi connectivity index (χ1n) is 10.3. The average molecular weight is 370 g/mol. The minimum atomic E-state index is 0.0783. The monoisotopic (exact) mass is 370 g/mol. The van der Waals surface area contributed by atoms with E-state index in [2.05, 4.69) is 22.8 Å². The van der Waals surface area contributed by atoms with Gasteiger partial charge in [-0.05, 0) is 31.5 Å². The summed E-state index contributed by atoms with van der Waals surface area (Å²) in [6, 6.07) is 8.61. The maximum absolute atomic E-state index is 13.0. The highest BCUT2D eigenvalue weighted by molar-refractivity contribution is 5.99. The van der Waals surface area contributed by atoms with Gasteiger partial charge in [0.05, 0.1) is 11.4 Å². The lowest BCUT2D eigenvalue weighted by molar-refractivity contribution is -0.134. The Hall–Kier alpha value is -2.08. The van der Waals surface area contributed by atoms with E-state index in [-0.39, 0.29) is 11.8 Å². The van der Waals surface area contributed by atoms with Gasteiger partial charge in [0, 0.05) is 58.2 Å². The Morgan fingerprint density at radius 3 is 2.41 bits per heavy atom. The molecule has 1 unspecified atom stereocenters. The molecule has 3 aliphatic rings. The number of hydrogen-bond donors (Lipinski definition) is 0. The van der Waals surface area contributed by atoms with Crippen LogP contribution in [0.4, 0.5) is 11.4 Å². The quantitative estimate of drug-likeness (QED) is 0.813. The maximum atomic E-state index is 13.0. The largest absolute Gasteiger partial charge is 0.365 e. The van der Waals surface area contributed by atoms with Gasteiger partial charge in [0.25, 0.3) is 0 Å². The van der Waals surface area contributed by atoms with Crippen molar-refractivity contribution >= 4 is 23.2 Å². The summed E-state index contributed by atoms with van der Waals surface area (Å²) in [4.78, 5) is 34.1. The van der Waals surface area contributed by atoms with Gasteiger partial charge in [0.2, 0.25) is 11.8 Å². The second-order valence-electron chi connectivity index (χ2n) is 7.80. The summed E-state index contributed by atoms with van der Waals surface area (Å²) in [5.74, 6) is 0.196. The molecule has 4 rings (SSSR count). The van der Waals surface area contributed by atoms with E-state index in [0.717, 1.165) is 57.9 Å². The van der Waals surface area contributed by atoms with E-state index < -0.39 is 0 Å². The van der Waals surface area contributed by atoms with E-state index in [1.165, 1.54) is 12.1 Å². The summed E-state index contributed by atoms with van der Waals surface area (Å²) in [6.45, 7) is 8.45. The molecular weight excluding hydrogens is 340 g/mol. The number of rotatable bonds is 4. The number of piperazine rings is 1. The second kappa shape index (κ2) is 7.89. The van der Waals surface area contributed by atoms with Gasteiger partial charge in [0.1, 0.15) is 0 Å². The van der Waals surface area contributed by atoms with Crippen LogP contribution in [0.5, 0.6) is 0 Å². The van der Waals surface area contributed by atoms with Crippen LogP contribution in [0.1, 0.15) is 32.6 Å². The molecule has 1 aromatic rings. The second-order valence-corrected chi connectivity index (χ2v) is 7.80. The number of fused-ring (bicyclic) bond motifs is 3. The summed E-state index contributed by atoms with van der Waals surface area (Å²) in [6.07, 6.45) is 2.94. The smallest absolute Gasteiger partial charge is 0.227 e. The third kappa shape index (κ3) is 3.68. The standard InChI is InChI=1S/C21H30N4O2/c1-2-22-12-14-23(15-13-22)20(26)9-10-21(27)25-16-17-6-5-11-24(17)18-7-3-4-8-19(18)25/h3-4,7-8,17H,2,5-6,9-16H2,1H3. The Balaban J connectivity index is 1.37. The molecular formula is C21H30N4O2. The molecule has 0 aromatic heterocycles. The molecule has 2 amide bonds. The van der Waals surface area contributed by atoms with Gasteiger partial charge in [0.15, 0.2) is 0 Å². The van der Waals surface area contributed by atoms with Crippen LogP contribution in [0, 0.1) is 0 Å². The van der Waals surface area contributed by atoms with Crippen molar-refractivity contribution in [1.82, 2.24) is 9.80 Å². The molecule has 2 fully saturated rings. The fraction of sp³-hybridized carbons (Fsp3) is 0.619. The molecule has 6 heteroatoms. The molecule has 146 valence electrons. The minimum Gasteiger partial charge on any atom is -0.365 e. The zero-order valence-corrected chi connectivity index (χ0v) is 16.3. The fourth-order valence-corrected chi connectivity index (χ4v) is 4.64. The molecule has 27 heavy (non-hydrogen) atoms. The zero-order valence-electron chi connectivity index (χ0n) is 16.3. The molecule has 2 saturated heterocycles. The van der Waals surface area contributed by atoms with Gasteiger partial charge >= 0.3 is 0 Å². The number of likely N-dealkylation sites (N-methyl/N-ethyl adjacent to an activating group) is 1. The maximum Gasteiger partial charge on any atom is 0.227 e. The Kier molecular flexibility index (Phi) is 5.34. The van der Waals surface area contributed by atoms with Crippen LogP contribution in [0.3, 0.4) is 0 Å². The van der Waals surface area contributed by atoms with Crippen LogP contribution in [0.2, 0.25) is 0 Å². The van der Waals surface area contributed by atoms with E-state index >= 15 is 0 Å². The van der Waals surface area contributed by atoms with Crippen molar-refractivity contribution in [1.29, 1.82) is 0 Å². The van der Waals surface area contributed by atoms with Crippen LogP contribution in [0.25, 0.3) is 0 Å². The number of carbonyl (C=O) groups is 2. The van der Waals surface area contributed by atoms with Crippen LogP contribution in [-0.4, -0.2) is 73.5 Å². The number of benzene rings is 1. The molecule has 0 bridgehead atoms. The topological polar surface area (TPSA) is 47.1 Å². The van der Waals surface area contributed by atoms with Gasteiger partial charge in [-0.25, -0.2) is 0 Å². The number of hydrogen-bond acceptors (Lipinski definition) is 4. The molecule has 3 aliphatic heterocycles. The number of carbonyl (C=O) groups excluding carboxylic acids is 2. The first-order chi connectivity index (χ1) is 13.2. The van der Waals surface area contributed by atoms with Crippen molar-refractivity contribution in [3.63, 3.8) is 0 Å². The molecule has 1 aromatic carbocycles. The van der Waals surface area contributed by atoms with E-state index in [9.17, 15) is 9.59 Å². The van der Waals surface area contributed by atoms with E-state index in [1.54, 1.807) is 0 Å². The first-order valence-corrected chi connectivity index (χ1v) is 10.3. The van der Waals surface area contributed by atoms with Gasteiger partial charge in [-0.1, -0.05) is 19.1 Å². The fourth-order valence-electron chi connectivity index (χ4n) is 4.64. The molecule has 6 nitrogen and oxygen atoms in total. The highest BCUT2D eigenvalue weighted by Crippen LogP contribution is 2.39. The third-order valence-electron chi connectivity index (χ3n) is 6.28. The molecule has 0 radical (unpaired) electrons. The van der Waals surface area contributed by atoms with E-state index in [1.807, 2.05) is 28.0 Å². The SMILES string of the molecule is CCN1CCN(C(=O)CCC(=O)N2CC3CCCN3c3ccccc32)CC1. The van der Waals surface area contributed by atoms with E-state index in [0.29, 0.717) is 18.9 Å². The zero-order chi connectivity index (χ0) is 18.8. The summed E-state index contributed by atoms with van der Waals surface area (Å²) in [5, 5.41) is 0. The Morgan fingerprint density at radius 2 is 1.67 bits per heavy atom. The van der Waals surface area contributed by atoms with Gasteiger partial charge < -0.3 is 19.6 Å². The van der Waals surface area contributed by atoms with Crippen molar-refractivity contribution in [2.75, 3.05) is 55.6 Å². The molecule has 0 spiro atoms. The van der Waals surface area contributed by atoms with Crippen LogP contribution in [0.15, 0.2) is 24.3 Å².